The summed E-state index contributed by atoms with van der Waals surface area (Å²) in [7, 11) is 0. The number of nitrogens with one attached hydrogen (secondary N) is 2. The van der Waals surface area contributed by atoms with E-state index in [9.17, 15) is 4.79 Å². The van der Waals surface area contributed by atoms with Crippen LogP contribution in [0.15, 0.2) is 48.5 Å². The zero-order valence-corrected chi connectivity index (χ0v) is 16.4. The fourth-order valence-corrected chi connectivity index (χ4v) is 2.72. The number of carbonyl (C=O) groups excluding carboxylic acids is 1. The average molecular weight is 359 g/mol. The number of para-hydroxylation sites is 1. The van der Waals surface area contributed by atoms with Crippen LogP contribution in [0.1, 0.15) is 53.7 Å². The van der Waals surface area contributed by atoms with Crippen molar-refractivity contribution in [2.45, 2.75) is 47.5 Å². The first kappa shape index (κ1) is 21.5. The molecule has 4 heteroatoms. The van der Waals surface area contributed by atoms with Crippen molar-refractivity contribution in [3.63, 3.8) is 0 Å². The highest BCUT2D eigenvalue weighted by Crippen LogP contribution is 2.32. The molecule has 0 spiro atoms. The lowest BCUT2D eigenvalue weighted by molar-refractivity contribution is -0.110. The SMILES string of the molecule is CC.CC.Cc1ccc2c(c1)/C(=C/CCc1ccccc1NO)C(=O)N2.[HH].[HH]. The van der Waals surface area contributed by atoms with E-state index < -0.39 is 0 Å². The maximum Gasteiger partial charge on any atom is 0.256 e. The van der Waals surface area contributed by atoms with Crippen molar-refractivity contribution in [2.24, 2.45) is 0 Å². The number of hydrogen-bond donors (Lipinski definition) is 3. The molecule has 144 valence electrons. The molecule has 1 aliphatic heterocycles. The van der Waals surface area contributed by atoms with Crippen LogP contribution in [-0.2, 0) is 11.2 Å². The Morgan fingerprint density at radius 3 is 2.50 bits per heavy atom. The van der Waals surface area contributed by atoms with Gasteiger partial charge in [0.1, 0.15) is 0 Å². The fraction of sp³-hybridized carbons (Fsp3) is 0.318. The largest absolute Gasteiger partial charge is 0.321 e. The van der Waals surface area contributed by atoms with Gasteiger partial charge < -0.3 is 5.32 Å². The summed E-state index contributed by atoms with van der Waals surface area (Å²) in [6, 6.07) is 13.5. The number of hydrogen-bond acceptors (Lipinski definition) is 3. The molecule has 1 heterocycles. The van der Waals surface area contributed by atoms with E-state index in [1.54, 1.807) is 0 Å². The number of allylic oxidation sites excluding steroid dienone is 1. The monoisotopic (exact) mass is 358 g/mol. The summed E-state index contributed by atoms with van der Waals surface area (Å²) < 4.78 is 0. The van der Waals surface area contributed by atoms with Crippen molar-refractivity contribution in [2.75, 3.05) is 10.8 Å². The van der Waals surface area contributed by atoms with Gasteiger partial charge in [-0.3, -0.25) is 15.5 Å². The number of benzene rings is 2. The van der Waals surface area contributed by atoms with Gasteiger partial charge >= 0.3 is 0 Å². The number of carbonyl (C=O) groups is 1. The van der Waals surface area contributed by atoms with Crippen molar-refractivity contribution < 1.29 is 12.9 Å². The van der Waals surface area contributed by atoms with Gasteiger partial charge in [0.15, 0.2) is 0 Å². The van der Waals surface area contributed by atoms with Crippen molar-refractivity contribution in [1.29, 1.82) is 0 Å². The summed E-state index contributed by atoms with van der Waals surface area (Å²) in [5.41, 5.74) is 7.64. The third-order valence-electron chi connectivity index (χ3n) is 3.86. The second-order valence-corrected chi connectivity index (χ2v) is 5.43. The Morgan fingerprint density at radius 2 is 1.81 bits per heavy atom. The Kier molecular flexibility index (Phi) is 9.17. The lowest BCUT2D eigenvalue weighted by Crippen LogP contribution is -2.03. The van der Waals surface area contributed by atoms with Crippen LogP contribution in [0.4, 0.5) is 11.4 Å². The molecule has 3 N–H and O–H groups in total. The highest BCUT2D eigenvalue weighted by atomic mass is 16.5. The summed E-state index contributed by atoms with van der Waals surface area (Å²) in [6.07, 6.45) is 3.45. The smallest absolute Gasteiger partial charge is 0.256 e. The summed E-state index contributed by atoms with van der Waals surface area (Å²) in [5, 5.41) is 12.0. The molecular weight excluding hydrogens is 324 g/mol. The molecule has 0 saturated heterocycles. The molecule has 3 rings (SSSR count). The van der Waals surface area contributed by atoms with E-state index in [-0.39, 0.29) is 8.76 Å². The molecule has 0 aromatic heterocycles. The third-order valence-corrected chi connectivity index (χ3v) is 3.86. The van der Waals surface area contributed by atoms with E-state index in [1.165, 1.54) is 0 Å². The Morgan fingerprint density at radius 1 is 1.12 bits per heavy atom. The van der Waals surface area contributed by atoms with Gasteiger partial charge in [0, 0.05) is 19.7 Å². The van der Waals surface area contributed by atoms with Gasteiger partial charge in [0.05, 0.1) is 5.69 Å². The van der Waals surface area contributed by atoms with Crippen molar-refractivity contribution >= 4 is 22.9 Å². The summed E-state index contributed by atoms with van der Waals surface area (Å²) in [4.78, 5) is 12.1. The summed E-state index contributed by atoms with van der Waals surface area (Å²) in [6.45, 7) is 10.0. The van der Waals surface area contributed by atoms with Crippen LogP contribution in [0.2, 0.25) is 0 Å². The average Bonchev–Trinajstić information content (AvgIpc) is 3.00. The fourth-order valence-electron chi connectivity index (χ4n) is 2.72. The van der Waals surface area contributed by atoms with E-state index in [0.717, 1.165) is 40.8 Å². The van der Waals surface area contributed by atoms with Crippen molar-refractivity contribution in [1.82, 2.24) is 0 Å². The van der Waals surface area contributed by atoms with E-state index in [2.05, 4.69) is 10.8 Å². The molecule has 0 aliphatic carbocycles. The molecule has 2 aromatic rings. The van der Waals surface area contributed by atoms with E-state index in [4.69, 9.17) is 5.21 Å². The molecule has 0 saturated carbocycles. The molecular formula is C22H34N2O2. The van der Waals surface area contributed by atoms with E-state index in [0.29, 0.717) is 5.69 Å². The molecule has 0 radical (unpaired) electrons. The molecule has 2 aromatic carbocycles. The summed E-state index contributed by atoms with van der Waals surface area (Å²) in [5.74, 6) is -0.0471. The lowest BCUT2D eigenvalue weighted by Gasteiger charge is -2.06. The molecule has 4 nitrogen and oxygen atoms in total. The van der Waals surface area contributed by atoms with Gasteiger partial charge in [0.25, 0.3) is 5.91 Å². The molecule has 0 bridgehead atoms. The van der Waals surface area contributed by atoms with E-state index >= 15 is 0 Å². The van der Waals surface area contributed by atoms with Crippen LogP contribution in [0.25, 0.3) is 5.57 Å². The zero-order chi connectivity index (χ0) is 19.5. The first-order valence-corrected chi connectivity index (χ1v) is 9.29. The molecule has 26 heavy (non-hydrogen) atoms. The van der Waals surface area contributed by atoms with Gasteiger partial charge in [-0.05, 0) is 43.5 Å². The standard InChI is InChI=1S/C18H18N2O2.2C2H6.2H2/c1-12-9-10-17-15(11-12)14(18(21)19-17)7-4-6-13-5-2-3-8-16(13)20-22;2*1-2;;/h2-3,5,7-11,20,22H,4,6H2,1H3,(H,19,21);2*1-2H3;2*1H/b14-7-;;;;. The topological polar surface area (TPSA) is 61.4 Å². The predicted octanol–water partition coefficient (Wildman–Crippen LogP) is 6.31. The normalized spacial score (nSPS) is 13.0. The van der Waals surface area contributed by atoms with Gasteiger partial charge in [-0.25, -0.2) is 0 Å². The summed E-state index contributed by atoms with van der Waals surface area (Å²) >= 11 is 0. The van der Waals surface area contributed by atoms with Crippen LogP contribution < -0.4 is 10.8 Å². The van der Waals surface area contributed by atoms with E-state index in [1.807, 2.05) is 83.2 Å². The minimum absolute atomic E-state index is 0. The van der Waals surface area contributed by atoms with Gasteiger partial charge in [-0.2, -0.15) is 0 Å². The molecule has 0 fully saturated rings. The number of fused-ring (bicyclic) bond motifs is 1. The quantitative estimate of drug-likeness (QED) is 0.443. The second kappa shape index (κ2) is 11.1. The van der Waals surface area contributed by atoms with Crippen LogP contribution in [0.5, 0.6) is 0 Å². The highest BCUT2D eigenvalue weighted by Gasteiger charge is 2.23. The Bertz CT molecular complexity index is 762. The predicted molar refractivity (Wildman–Crippen MR) is 115 cm³/mol. The first-order valence-electron chi connectivity index (χ1n) is 9.29. The number of anilines is 2. The Labute approximate surface area is 159 Å². The third kappa shape index (κ3) is 5.20. The maximum atomic E-state index is 12.1. The molecule has 0 unspecified atom stereocenters. The minimum atomic E-state index is -0.0471. The van der Waals surface area contributed by atoms with Crippen LogP contribution >= 0.6 is 0 Å². The number of aryl methyl sites for hydroxylation is 2. The first-order chi connectivity index (χ1) is 12.7. The number of amides is 1. The Hall–Kier alpha value is -2.59. The van der Waals surface area contributed by atoms with Crippen molar-refractivity contribution in [3.8, 4) is 0 Å². The zero-order valence-electron chi connectivity index (χ0n) is 16.4. The van der Waals surface area contributed by atoms with Crippen LogP contribution in [0.3, 0.4) is 0 Å². The van der Waals surface area contributed by atoms with Crippen molar-refractivity contribution in [3.05, 3.63) is 65.2 Å². The molecule has 1 amide bonds. The maximum absolute atomic E-state index is 12.1. The Balaban J connectivity index is 0. The van der Waals surface area contributed by atoms with Gasteiger partial charge in [-0.15, -0.1) is 0 Å². The second-order valence-electron chi connectivity index (χ2n) is 5.43. The number of rotatable bonds is 4. The highest BCUT2D eigenvalue weighted by molar-refractivity contribution is 6.31. The molecule has 0 atom stereocenters. The van der Waals surface area contributed by atoms with Gasteiger partial charge in [0.2, 0.25) is 0 Å². The lowest BCUT2D eigenvalue weighted by atomic mass is 10.0. The van der Waals surface area contributed by atoms with Gasteiger partial charge in [-0.1, -0.05) is 63.6 Å². The molecule has 1 aliphatic rings. The van der Waals surface area contributed by atoms with Crippen LogP contribution in [-0.4, -0.2) is 11.1 Å². The minimum Gasteiger partial charge on any atom is -0.321 e. The van der Waals surface area contributed by atoms with Crippen LogP contribution in [0, 0.1) is 6.92 Å².